The lowest BCUT2D eigenvalue weighted by molar-refractivity contribution is 0.276. The van der Waals surface area contributed by atoms with Crippen LogP contribution in [0.3, 0.4) is 0 Å². The number of nitrogens with zero attached hydrogens (tertiary/aromatic N) is 2. The van der Waals surface area contributed by atoms with Crippen molar-refractivity contribution in [2.75, 3.05) is 19.6 Å². The summed E-state index contributed by atoms with van der Waals surface area (Å²) in [7, 11) is 0. The van der Waals surface area contributed by atoms with Crippen molar-refractivity contribution in [3.63, 3.8) is 0 Å². The predicted molar refractivity (Wildman–Crippen MR) is 73.3 cm³/mol. The Balaban J connectivity index is 1.93. The number of hydrogen-bond donors (Lipinski definition) is 1. The first-order chi connectivity index (χ1) is 8.02. The summed E-state index contributed by atoms with van der Waals surface area (Å²) in [5.74, 6) is 0.543. The fraction of sp³-hybridized carbons (Fsp3) is 0.769. The lowest BCUT2D eigenvalue weighted by atomic mass is 9.90. The molecular weight excluding hydrogens is 230 g/mol. The zero-order valence-electron chi connectivity index (χ0n) is 11.1. The van der Waals surface area contributed by atoms with Crippen LogP contribution in [0.25, 0.3) is 0 Å². The summed E-state index contributed by atoms with van der Waals surface area (Å²) in [5.41, 5.74) is 6.16. The summed E-state index contributed by atoms with van der Waals surface area (Å²) in [4.78, 5) is 8.37. The van der Waals surface area contributed by atoms with Crippen LogP contribution in [-0.2, 0) is 6.54 Å². The Morgan fingerprint density at radius 3 is 2.88 bits per heavy atom. The maximum absolute atomic E-state index is 5.83. The predicted octanol–water partition coefficient (Wildman–Crippen LogP) is 2.44. The van der Waals surface area contributed by atoms with Gasteiger partial charge >= 0.3 is 0 Å². The molecule has 2 heterocycles. The number of hydrogen-bond acceptors (Lipinski definition) is 4. The minimum absolute atomic E-state index is 0.325. The van der Waals surface area contributed by atoms with Gasteiger partial charge in [-0.2, -0.15) is 0 Å². The molecule has 0 aromatic carbocycles. The third-order valence-electron chi connectivity index (χ3n) is 3.57. The molecule has 0 radical (unpaired) electrons. The van der Waals surface area contributed by atoms with Crippen LogP contribution in [0, 0.1) is 5.41 Å². The van der Waals surface area contributed by atoms with Crippen molar-refractivity contribution in [2.45, 2.75) is 39.7 Å². The highest BCUT2D eigenvalue weighted by atomic mass is 32.1. The van der Waals surface area contributed by atoms with Crippen LogP contribution >= 0.6 is 11.3 Å². The first-order valence-electron chi connectivity index (χ1n) is 6.39. The zero-order valence-corrected chi connectivity index (χ0v) is 11.9. The number of aromatic nitrogens is 1. The van der Waals surface area contributed by atoms with Crippen molar-refractivity contribution < 1.29 is 0 Å². The summed E-state index contributed by atoms with van der Waals surface area (Å²) in [6.45, 7) is 10.8. The van der Waals surface area contributed by atoms with E-state index in [1.54, 1.807) is 0 Å². The van der Waals surface area contributed by atoms with Gasteiger partial charge in [-0.1, -0.05) is 20.8 Å². The first-order valence-corrected chi connectivity index (χ1v) is 7.21. The van der Waals surface area contributed by atoms with Gasteiger partial charge < -0.3 is 5.73 Å². The Kier molecular flexibility index (Phi) is 3.85. The van der Waals surface area contributed by atoms with Crippen LogP contribution in [-0.4, -0.2) is 29.5 Å². The molecule has 0 saturated carbocycles. The topological polar surface area (TPSA) is 42.2 Å². The normalized spacial score (nSPS) is 25.9. The van der Waals surface area contributed by atoms with Gasteiger partial charge in [0.2, 0.25) is 0 Å². The van der Waals surface area contributed by atoms with Gasteiger partial charge in [0.1, 0.15) is 0 Å². The van der Waals surface area contributed by atoms with Gasteiger partial charge in [0, 0.05) is 30.1 Å². The highest BCUT2D eigenvalue weighted by Crippen LogP contribution is 2.30. The van der Waals surface area contributed by atoms with Crippen LogP contribution in [0.1, 0.15) is 43.0 Å². The maximum atomic E-state index is 5.83. The fourth-order valence-electron chi connectivity index (χ4n) is 2.31. The Bertz CT molecular complexity index is 374. The van der Waals surface area contributed by atoms with Crippen molar-refractivity contribution in [3.05, 3.63) is 16.1 Å². The van der Waals surface area contributed by atoms with Crippen molar-refractivity contribution in [2.24, 2.45) is 11.1 Å². The highest BCUT2D eigenvalue weighted by molar-refractivity contribution is 7.11. The largest absolute Gasteiger partial charge is 0.330 e. The Morgan fingerprint density at radius 2 is 2.35 bits per heavy atom. The van der Waals surface area contributed by atoms with E-state index in [1.165, 1.54) is 22.9 Å². The van der Waals surface area contributed by atoms with Gasteiger partial charge in [-0.25, -0.2) is 4.98 Å². The molecule has 4 heteroatoms. The summed E-state index contributed by atoms with van der Waals surface area (Å²) < 4.78 is 0. The summed E-state index contributed by atoms with van der Waals surface area (Å²) >= 11 is 1.85. The van der Waals surface area contributed by atoms with E-state index < -0.39 is 0 Å². The first kappa shape index (κ1) is 13.0. The van der Waals surface area contributed by atoms with E-state index in [2.05, 4.69) is 30.7 Å². The van der Waals surface area contributed by atoms with Gasteiger partial charge in [0.15, 0.2) is 0 Å². The van der Waals surface area contributed by atoms with Gasteiger partial charge in [-0.3, -0.25) is 4.90 Å². The van der Waals surface area contributed by atoms with Gasteiger partial charge in [-0.15, -0.1) is 11.3 Å². The molecule has 0 spiro atoms. The van der Waals surface area contributed by atoms with Crippen LogP contribution in [0.4, 0.5) is 0 Å². The molecule has 0 aliphatic carbocycles. The van der Waals surface area contributed by atoms with E-state index in [1.807, 2.05) is 17.5 Å². The molecule has 2 rings (SSSR count). The maximum Gasteiger partial charge on any atom is 0.0953 e. The van der Waals surface area contributed by atoms with Crippen LogP contribution < -0.4 is 5.73 Å². The van der Waals surface area contributed by atoms with Crippen LogP contribution in [0.2, 0.25) is 0 Å². The average Bonchev–Trinajstić information content (AvgIpc) is 2.87. The van der Waals surface area contributed by atoms with E-state index >= 15 is 0 Å². The second-order valence-electron chi connectivity index (χ2n) is 5.79. The molecule has 1 saturated heterocycles. The Hall–Kier alpha value is -0.450. The third-order valence-corrected chi connectivity index (χ3v) is 4.86. The SMILES string of the molecule is CC(C)c1ncc(CN2CCC(C)(CN)C2)s1. The summed E-state index contributed by atoms with van der Waals surface area (Å²) in [6.07, 6.45) is 3.26. The molecule has 96 valence electrons. The molecule has 3 nitrogen and oxygen atoms in total. The Morgan fingerprint density at radius 1 is 1.59 bits per heavy atom. The van der Waals surface area contributed by atoms with E-state index in [9.17, 15) is 0 Å². The minimum Gasteiger partial charge on any atom is -0.330 e. The van der Waals surface area contributed by atoms with Crippen LogP contribution in [0.15, 0.2) is 6.20 Å². The number of likely N-dealkylation sites (tertiary alicyclic amines) is 1. The van der Waals surface area contributed by atoms with Gasteiger partial charge in [0.05, 0.1) is 5.01 Å². The molecule has 0 amide bonds. The standard InChI is InChI=1S/C13H23N3S/c1-10(2)12-15-6-11(17-12)7-16-5-4-13(3,8-14)9-16/h6,10H,4-5,7-9,14H2,1-3H3. The quantitative estimate of drug-likeness (QED) is 0.896. The summed E-state index contributed by atoms with van der Waals surface area (Å²) in [5, 5.41) is 1.25. The number of rotatable bonds is 4. The van der Waals surface area contributed by atoms with E-state index in [0.29, 0.717) is 11.3 Å². The van der Waals surface area contributed by atoms with Crippen molar-refractivity contribution in [3.8, 4) is 0 Å². The van der Waals surface area contributed by atoms with Crippen molar-refractivity contribution >= 4 is 11.3 Å². The second kappa shape index (κ2) is 5.04. The molecule has 0 bridgehead atoms. The van der Waals surface area contributed by atoms with Crippen LogP contribution in [0.5, 0.6) is 0 Å². The summed E-state index contributed by atoms with van der Waals surface area (Å²) in [6, 6.07) is 0. The zero-order chi connectivity index (χ0) is 12.5. The lowest BCUT2D eigenvalue weighted by Gasteiger charge is -2.22. The average molecular weight is 253 g/mol. The molecule has 1 unspecified atom stereocenters. The second-order valence-corrected chi connectivity index (χ2v) is 6.94. The lowest BCUT2D eigenvalue weighted by Crippen LogP contribution is -2.30. The molecule has 17 heavy (non-hydrogen) atoms. The molecule has 1 aromatic rings. The van der Waals surface area contributed by atoms with Crippen molar-refractivity contribution in [1.29, 1.82) is 0 Å². The van der Waals surface area contributed by atoms with E-state index in [4.69, 9.17) is 5.73 Å². The molecule has 1 aliphatic rings. The van der Waals surface area contributed by atoms with Gasteiger partial charge in [-0.05, 0) is 24.9 Å². The number of nitrogens with two attached hydrogens (primary N) is 1. The molecule has 1 atom stereocenters. The molecule has 1 fully saturated rings. The third kappa shape index (κ3) is 3.06. The van der Waals surface area contributed by atoms with E-state index in [-0.39, 0.29) is 0 Å². The van der Waals surface area contributed by atoms with Gasteiger partial charge in [0.25, 0.3) is 0 Å². The minimum atomic E-state index is 0.325. The smallest absolute Gasteiger partial charge is 0.0953 e. The fourth-order valence-corrected chi connectivity index (χ4v) is 3.27. The molecule has 2 N–H and O–H groups in total. The van der Waals surface area contributed by atoms with Crippen molar-refractivity contribution in [1.82, 2.24) is 9.88 Å². The Labute approximate surface area is 108 Å². The molecule has 1 aliphatic heterocycles. The molecule has 1 aromatic heterocycles. The number of thiazole rings is 1. The van der Waals surface area contributed by atoms with E-state index in [0.717, 1.165) is 19.6 Å². The highest BCUT2D eigenvalue weighted by Gasteiger charge is 2.32. The molecular formula is C13H23N3S. The monoisotopic (exact) mass is 253 g/mol.